The molecule has 0 saturated carbocycles. The van der Waals surface area contributed by atoms with E-state index in [0.717, 1.165) is 6.07 Å². The van der Waals surface area contributed by atoms with Gasteiger partial charge in [-0.25, -0.2) is 13.1 Å². The quantitative estimate of drug-likeness (QED) is 0.533. The molecule has 0 fully saturated rings. The molecule has 1 unspecified atom stereocenters. The van der Waals surface area contributed by atoms with Crippen molar-refractivity contribution >= 4 is 38.9 Å². The zero-order chi connectivity index (χ0) is 20.2. The van der Waals surface area contributed by atoms with E-state index in [2.05, 4.69) is 10.0 Å². The molecule has 144 valence electrons. The van der Waals surface area contributed by atoms with Crippen LogP contribution in [0.25, 0.3) is 0 Å². The number of carbonyl (C=O) groups excluding carboxylic acids is 1. The molecule has 0 spiro atoms. The van der Waals surface area contributed by atoms with Crippen LogP contribution in [0.3, 0.4) is 0 Å². The van der Waals surface area contributed by atoms with E-state index in [1.54, 1.807) is 6.92 Å². The molecule has 0 saturated heterocycles. The van der Waals surface area contributed by atoms with E-state index >= 15 is 0 Å². The van der Waals surface area contributed by atoms with Crippen LogP contribution in [0.15, 0.2) is 47.4 Å². The standard InChI is InChI=1S/C17H18ClN3O5S/c1-3-11(2)20-27(25,26)14-7-5-13(6-8-14)19-17(22)15-9-4-12(18)10-16(15)21(23)24/h4-11,20H,3H2,1-2H3,(H,19,22). The molecule has 1 atom stereocenters. The maximum atomic E-state index is 12.3. The van der Waals surface area contributed by atoms with Gasteiger partial charge in [0.25, 0.3) is 11.6 Å². The van der Waals surface area contributed by atoms with E-state index < -0.39 is 26.5 Å². The molecule has 2 aromatic rings. The number of rotatable bonds is 7. The van der Waals surface area contributed by atoms with Crippen LogP contribution in [0.1, 0.15) is 30.6 Å². The number of hydrogen-bond acceptors (Lipinski definition) is 5. The Morgan fingerprint density at radius 2 is 1.85 bits per heavy atom. The molecule has 27 heavy (non-hydrogen) atoms. The van der Waals surface area contributed by atoms with Crippen LogP contribution in [0, 0.1) is 10.1 Å². The molecular formula is C17H18ClN3O5S. The van der Waals surface area contributed by atoms with Gasteiger partial charge >= 0.3 is 0 Å². The predicted octanol–water partition coefficient (Wildman–Crippen LogP) is 3.58. The third kappa shape index (κ3) is 5.25. The summed E-state index contributed by atoms with van der Waals surface area (Å²) in [5.41, 5.74) is -0.275. The van der Waals surface area contributed by atoms with Crippen molar-refractivity contribution in [1.29, 1.82) is 0 Å². The molecule has 0 aliphatic carbocycles. The number of carbonyl (C=O) groups is 1. The summed E-state index contributed by atoms with van der Waals surface area (Å²) in [6.45, 7) is 3.62. The normalized spacial score (nSPS) is 12.4. The number of nitrogens with one attached hydrogen (secondary N) is 2. The minimum atomic E-state index is -3.66. The van der Waals surface area contributed by atoms with Crippen molar-refractivity contribution in [3.05, 3.63) is 63.2 Å². The first-order valence-corrected chi connectivity index (χ1v) is 9.88. The molecule has 0 aliphatic heterocycles. The smallest absolute Gasteiger partial charge is 0.283 e. The van der Waals surface area contributed by atoms with Gasteiger partial charge in [-0.05, 0) is 49.7 Å². The number of nitro benzene ring substituents is 1. The van der Waals surface area contributed by atoms with E-state index in [1.807, 2.05) is 6.92 Å². The summed E-state index contributed by atoms with van der Waals surface area (Å²) in [6, 6.07) is 9.01. The van der Waals surface area contributed by atoms with Gasteiger partial charge in [-0.3, -0.25) is 14.9 Å². The van der Waals surface area contributed by atoms with E-state index in [4.69, 9.17) is 11.6 Å². The summed E-state index contributed by atoms with van der Waals surface area (Å²) in [7, 11) is -3.66. The Hall–Kier alpha value is -2.49. The largest absolute Gasteiger partial charge is 0.322 e. The van der Waals surface area contributed by atoms with Crippen LogP contribution in [-0.4, -0.2) is 25.3 Å². The molecular weight excluding hydrogens is 394 g/mol. The fourth-order valence-electron chi connectivity index (χ4n) is 2.18. The SMILES string of the molecule is CCC(C)NS(=O)(=O)c1ccc(NC(=O)c2ccc(Cl)cc2[N+](=O)[O-])cc1. The summed E-state index contributed by atoms with van der Waals surface area (Å²) in [6.07, 6.45) is 0.646. The second-order valence-corrected chi connectivity index (χ2v) is 7.98. The fraction of sp³-hybridized carbons (Fsp3) is 0.235. The molecule has 1 amide bonds. The highest BCUT2D eigenvalue weighted by atomic mass is 35.5. The van der Waals surface area contributed by atoms with Crippen molar-refractivity contribution in [2.75, 3.05) is 5.32 Å². The lowest BCUT2D eigenvalue weighted by Crippen LogP contribution is -2.31. The summed E-state index contributed by atoms with van der Waals surface area (Å²) >= 11 is 5.73. The molecule has 2 N–H and O–H groups in total. The Bertz CT molecular complexity index is 961. The summed E-state index contributed by atoms with van der Waals surface area (Å²) in [4.78, 5) is 22.8. The van der Waals surface area contributed by atoms with Crippen molar-refractivity contribution in [2.45, 2.75) is 31.2 Å². The molecule has 0 radical (unpaired) electrons. The molecule has 0 aromatic heterocycles. The zero-order valence-electron chi connectivity index (χ0n) is 14.6. The monoisotopic (exact) mass is 411 g/mol. The Morgan fingerprint density at radius 1 is 1.22 bits per heavy atom. The number of halogens is 1. The molecule has 0 aliphatic rings. The Labute approximate surface area is 161 Å². The van der Waals surface area contributed by atoms with Crippen LogP contribution in [0.5, 0.6) is 0 Å². The number of benzene rings is 2. The van der Waals surface area contributed by atoms with Gasteiger partial charge < -0.3 is 5.32 Å². The highest BCUT2D eigenvalue weighted by molar-refractivity contribution is 7.89. The maximum Gasteiger partial charge on any atom is 0.283 e. The average molecular weight is 412 g/mol. The van der Waals surface area contributed by atoms with Gasteiger partial charge in [-0.15, -0.1) is 0 Å². The number of hydrogen-bond donors (Lipinski definition) is 2. The fourth-order valence-corrected chi connectivity index (χ4v) is 3.67. The van der Waals surface area contributed by atoms with Crippen LogP contribution in [0.2, 0.25) is 5.02 Å². The van der Waals surface area contributed by atoms with Crippen molar-refractivity contribution < 1.29 is 18.1 Å². The van der Waals surface area contributed by atoms with Crippen molar-refractivity contribution in [3.8, 4) is 0 Å². The van der Waals surface area contributed by atoms with E-state index in [0.29, 0.717) is 12.1 Å². The third-order valence-electron chi connectivity index (χ3n) is 3.79. The summed E-state index contributed by atoms with van der Waals surface area (Å²) in [5.74, 6) is -0.702. The number of nitrogens with zero attached hydrogens (tertiary/aromatic N) is 1. The van der Waals surface area contributed by atoms with Gasteiger partial charge in [0.05, 0.1) is 9.82 Å². The maximum absolute atomic E-state index is 12.3. The van der Waals surface area contributed by atoms with Gasteiger partial charge in [0.15, 0.2) is 0 Å². The van der Waals surface area contributed by atoms with Crippen molar-refractivity contribution in [1.82, 2.24) is 4.72 Å². The number of nitro groups is 1. The Kier molecular flexibility index (Phi) is 6.53. The lowest BCUT2D eigenvalue weighted by atomic mass is 10.1. The second-order valence-electron chi connectivity index (χ2n) is 5.83. The first-order chi connectivity index (χ1) is 12.6. The van der Waals surface area contributed by atoms with Crippen LogP contribution >= 0.6 is 11.6 Å². The van der Waals surface area contributed by atoms with Crippen LogP contribution in [-0.2, 0) is 10.0 Å². The van der Waals surface area contributed by atoms with E-state index in [9.17, 15) is 23.3 Å². The first kappa shape index (κ1) is 20.8. The number of amides is 1. The van der Waals surface area contributed by atoms with Gasteiger partial charge in [-0.2, -0.15) is 0 Å². The third-order valence-corrected chi connectivity index (χ3v) is 5.63. The predicted molar refractivity (Wildman–Crippen MR) is 103 cm³/mol. The Balaban J connectivity index is 2.20. The Morgan fingerprint density at radius 3 is 2.41 bits per heavy atom. The van der Waals surface area contributed by atoms with Crippen molar-refractivity contribution in [3.63, 3.8) is 0 Å². The van der Waals surface area contributed by atoms with Gasteiger partial charge in [0.1, 0.15) is 5.56 Å². The zero-order valence-corrected chi connectivity index (χ0v) is 16.2. The van der Waals surface area contributed by atoms with Gasteiger partial charge in [-0.1, -0.05) is 18.5 Å². The average Bonchev–Trinajstić information content (AvgIpc) is 2.61. The topological polar surface area (TPSA) is 118 Å². The second kappa shape index (κ2) is 8.47. The van der Waals surface area contributed by atoms with Crippen molar-refractivity contribution in [2.24, 2.45) is 0 Å². The van der Waals surface area contributed by atoms with E-state index in [-0.39, 0.29) is 21.5 Å². The van der Waals surface area contributed by atoms with Gasteiger partial charge in [0.2, 0.25) is 10.0 Å². The molecule has 8 nitrogen and oxygen atoms in total. The lowest BCUT2D eigenvalue weighted by molar-refractivity contribution is -0.385. The highest BCUT2D eigenvalue weighted by Gasteiger charge is 2.21. The highest BCUT2D eigenvalue weighted by Crippen LogP contribution is 2.24. The molecule has 2 aromatic carbocycles. The molecule has 0 heterocycles. The minimum Gasteiger partial charge on any atom is -0.322 e. The number of anilines is 1. The minimum absolute atomic E-state index is 0.0540. The summed E-state index contributed by atoms with van der Waals surface area (Å²) < 4.78 is 27.0. The van der Waals surface area contributed by atoms with Gasteiger partial charge in [0, 0.05) is 22.8 Å². The van der Waals surface area contributed by atoms with Crippen LogP contribution in [0.4, 0.5) is 11.4 Å². The lowest BCUT2D eigenvalue weighted by Gasteiger charge is -2.12. The summed E-state index contributed by atoms with van der Waals surface area (Å²) in [5, 5.41) is 13.7. The molecule has 2 rings (SSSR count). The van der Waals surface area contributed by atoms with Crippen LogP contribution < -0.4 is 10.0 Å². The van der Waals surface area contributed by atoms with E-state index in [1.165, 1.54) is 36.4 Å². The first-order valence-electron chi connectivity index (χ1n) is 8.01. The number of sulfonamides is 1. The molecule has 0 bridgehead atoms. The molecule has 10 heteroatoms.